The van der Waals surface area contributed by atoms with Gasteiger partial charge in [0.2, 0.25) is 5.89 Å². The largest absolute Gasteiger partial charge is 0.465 e. The normalized spacial score (nSPS) is 12.2. The Morgan fingerprint density at radius 3 is 2.55 bits per heavy atom. The summed E-state index contributed by atoms with van der Waals surface area (Å²) in [5, 5.41) is 11.0. The fourth-order valence-corrected chi connectivity index (χ4v) is 3.91. The molecule has 2 aromatic heterocycles. The first-order valence-corrected chi connectivity index (χ1v) is 11.2. The van der Waals surface area contributed by atoms with Crippen LogP contribution in [0.1, 0.15) is 12.6 Å². The summed E-state index contributed by atoms with van der Waals surface area (Å²) in [6.45, 7) is 0.955. The lowest BCUT2D eigenvalue weighted by molar-refractivity contribution is -0.146. The van der Waals surface area contributed by atoms with E-state index in [2.05, 4.69) is 31.2 Å². The first-order valence-electron chi connectivity index (χ1n) is 8.55. The lowest BCUT2D eigenvalue weighted by Gasteiger charge is -2.04. The van der Waals surface area contributed by atoms with Gasteiger partial charge >= 0.3 is 12.1 Å². The number of aromatic nitrogens is 4. The van der Waals surface area contributed by atoms with Crippen LogP contribution < -0.4 is 0 Å². The van der Waals surface area contributed by atoms with Crippen LogP contribution in [0, 0.1) is 0 Å². The maximum Gasteiger partial charge on any atom is 0.436 e. The van der Waals surface area contributed by atoms with Crippen LogP contribution in [0.4, 0.5) is 13.2 Å². The van der Waals surface area contributed by atoms with Crippen LogP contribution in [0.25, 0.3) is 23.0 Å². The molecule has 3 rings (SSSR count). The summed E-state index contributed by atoms with van der Waals surface area (Å²) in [5.41, 5.74) is -1.32. The maximum absolute atomic E-state index is 13.3. The number of hydrogen-bond donors (Lipinski definition) is 0. The summed E-state index contributed by atoms with van der Waals surface area (Å²) in [6, 6.07) is 5.62. The molecule has 0 N–H and O–H groups in total. The quantitative estimate of drug-likeness (QED) is 0.452. The molecule has 166 valence electrons. The van der Waals surface area contributed by atoms with Gasteiger partial charge in [0.05, 0.1) is 16.0 Å². The summed E-state index contributed by atoms with van der Waals surface area (Å²) < 4.78 is 74.0. The van der Waals surface area contributed by atoms with Crippen LogP contribution in [0.15, 0.2) is 38.1 Å². The van der Waals surface area contributed by atoms with Gasteiger partial charge in [-0.2, -0.15) is 18.3 Å². The molecule has 9 nitrogen and oxygen atoms in total. The number of carbonyl (C=O) groups is 1. The molecule has 0 aliphatic heterocycles. The minimum atomic E-state index is -4.82. The smallest absolute Gasteiger partial charge is 0.436 e. The third-order valence-corrected chi connectivity index (χ3v) is 5.75. The number of sulfone groups is 1. The summed E-state index contributed by atoms with van der Waals surface area (Å²) in [4.78, 5) is 11.8. The van der Waals surface area contributed by atoms with Crippen molar-refractivity contribution < 1.29 is 35.5 Å². The Morgan fingerprint density at radius 2 is 1.94 bits per heavy atom. The number of alkyl halides is 3. The molecule has 1 aromatic carbocycles. The Labute approximate surface area is 182 Å². The predicted molar refractivity (Wildman–Crippen MR) is 103 cm³/mol. The van der Waals surface area contributed by atoms with E-state index in [-0.39, 0.29) is 34.5 Å². The van der Waals surface area contributed by atoms with Crippen molar-refractivity contribution in [2.45, 2.75) is 24.5 Å². The molecule has 0 fully saturated rings. The van der Waals surface area contributed by atoms with Gasteiger partial charge < -0.3 is 9.15 Å². The molecule has 0 radical (unpaired) electrons. The van der Waals surface area contributed by atoms with Crippen LogP contribution in [0.3, 0.4) is 0 Å². The van der Waals surface area contributed by atoms with Crippen molar-refractivity contribution in [2.75, 3.05) is 12.9 Å². The minimum absolute atomic E-state index is 0.00218. The average molecular weight is 523 g/mol. The maximum atomic E-state index is 13.3. The number of rotatable bonds is 6. The Bertz CT molecular complexity index is 1240. The fraction of sp³-hybridized carbons (Fsp3) is 0.294. The van der Waals surface area contributed by atoms with Crippen LogP contribution >= 0.6 is 15.9 Å². The molecule has 14 heteroatoms. The van der Waals surface area contributed by atoms with Gasteiger partial charge in [-0.3, -0.25) is 4.79 Å². The molecule has 0 spiro atoms. The van der Waals surface area contributed by atoms with Gasteiger partial charge in [0.1, 0.15) is 12.2 Å². The Kier molecular flexibility index (Phi) is 6.23. The Morgan fingerprint density at radius 1 is 1.26 bits per heavy atom. The molecule has 0 atom stereocenters. The highest BCUT2D eigenvalue weighted by atomic mass is 79.9. The third-order valence-electron chi connectivity index (χ3n) is 3.88. The third kappa shape index (κ3) is 4.95. The van der Waals surface area contributed by atoms with E-state index in [1.54, 1.807) is 6.92 Å². The molecule has 2 heterocycles. The molecule has 31 heavy (non-hydrogen) atoms. The van der Waals surface area contributed by atoms with E-state index in [4.69, 9.17) is 9.15 Å². The number of carbonyl (C=O) groups excluding carboxylic acids is 1. The molecule has 0 unspecified atom stereocenters. The Balaban J connectivity index is 2.08. The van der Waals surface area contributed by atoms with E-state index < -0.39 is 38.7 Å². The van der Waals surface area contributed by atoms with Crippen molar-refractivity contribution in [3.8, 4) is 23.0 Å². The van der Waals surface area contributed by atoms with Gasteiger partial charge in [0, 0.05) is 11.8 Å². The van der Waals surface area contributed by atoms with E-state index in [0.29, 0.717) is 0 Å². The van der Waals surface area contributed by atoms with Crippen molar-refractivity contribution >= 4 is 31.7 Å². The zero-order valence-electron chi connectivity index (χ0n) is 16.0. The molecule has 0 bridgehead atoms. The number of hydrogen-bond acceptors (Lipinski definition) is 8. The van der Waals surface area contributed by atoms with Gasteiger partial charge in [-0.25, -0.2) is 13.1 Å². The summed E-state index contributed by atoms with van der Waals surface area (Å²) >= 11 is 2.84. The van der Waals surface area contributed by atoms with Crippen molar-refractivity contribution in [1.82, 2.24) is 20.0 Å². The highest BCUT2D eigenvalue weighted by Gasteiger charge is 2.40. The number of benzene rings is 1. The first kappa shape index (κ1) is 22.9. The zero-order valence-corrected chi connectivity index (χ0v) is 18.4. The summed E-state index contributed by atoms with van der Waals surface area (Å²) in [5.74, 6) is -1.31. The second-order valence-corrected chi connectivity index (χ2v) is 8.99. The second kappa shape index (κ2) is 8.42. The van der Waals surface area contributed by atoms with Crippen molar-refractivity contribution in [2.24, 2.45) is 0 Å². The van der Waals surface area contributed by atoms with Gasteiger partial charge in [0.25, 0.3) is 5.89 Å². The molecule has 0 aliphatic carbocycles. The van der Waals surface area contributed by atoms with E-state index in [0.717, 1.165) is 10.9 Å². The van der Waals surface area contributed by atoms with Gasteiger partial charge in [-0.1, -0.05) is 6.07 Å². The van der Waals surface area contributed by atoms with E-state index >= 15 is 0 Å². The van der Waals surface area contributed by atoms with Crippen LogP contribution in [0.5, 0.6) is 0 Å². The lowest BCUT2D eigenvalue weighted by atomic mass is 10.2. The van der Waals surface area contributed by atoms with Gasteiger partial charge in [-0.15, -0.1) is 10.2 Å². The van der Waals surface area contributed by atoms with Crippen LogP contribution in [-0.4, -0.2) is 47.2 Å². The SMILES string of the molecule is CCOC(=O)Cn1nc(C(F)(F)F)c(Br)c1-c1nnc(-c2cccc(S(C)(=O)=O)c2)o1. The van der Waals surface area contributed by atoms with E-state index in [1.165, 1.54) is 24.3 Å². The molecule has 0 amide bonds. The average Bonchev–Trinajstić information content (AvgIpc) is 3.25. The van der Waals surface area contributed by atoms with Crippen molar-refractivity contribution in [3.63, 3.8) is 0 Å². The summed E-state index contributed by atoms with van der Waals surface area (Å²) in [6.07, 6.45) is -3.80. The number of esters is 1. The molecule has 0 aliphatic rings. The van der Waals surface area contributed by atoms with Gasteiger partial charge in [-0.05, 0) is 41.1 Å². The first-order chi connectivity index (χ1) is 14.4. The van der Waals surface area contributed by atoms with Crippen molar-refractivity contribution in [1.29, 1.82) is 0 Å². The molecule has 3 aromatic rings. The minimum Gasteiger partial charge on any atom is -0.465 e. The topological polar surface area (TPSA) is 117 Å². The zero-order chi connectivity index (χ0) is 23.0. The molecule has 0 saturated heterocycles. The second-order valence-electron chi connectivity index (χ2n) is 6.18. The summed E-state index contributed by atoms with van der Waals surface area (Å²) in [7, 11) is -3.51. The van der Waals surface area contributed by atoms with E-state index in [1.807, 2.05) is 0 Å². The predicted octanol–water partition coefficient (Wildman–Crippen LogP) is 3.35. The standard InChI is InChI=1S/C17H14BrF3N4O5S/c1-3-29-11(26)8-25-13(12(18)14(24-25)17(19,20)21)16-23-22-15(30-16)9-5-4-6-10(7-9)31(2,27)28/h4-7H,3,8H2,1-2H3. The van der Waals surface area contributed by atoms with E-state index in [9.17, 15) is 26.4 Å². The fourth-order valence-electron chi connectivity index (χ4n) is 2.56. The monoisotopic (exact) mass is 522 g/mol. The number of ether oxygens (including phenoxy) is 1. The number of halogens is 4. The lowest BCUT2D eigenvalue weighted by Crippen LogP contribution is -2.16. The number of nitrogens with zero attached hydrogens (tertiary/aromatic N) is 4. The van der Waals surface area contributed by atoms with Crippen LogP contribution in [-0.2, 0) is 32.1 Å². The van der Waals surface area contributed by atoms with Crippen molar-refractivity contribution in [3.05, 3.63) is 34.4 Å². The highest BCUT2D eigenvalue weighted by molar-refractivity contribution is 9.10. The highest BCUT2D eigenvalue weighted by Crippen LogP contribution is 2.40. The van der Waals surface area contributed by atoms with Gasteiger partial charge in [0.15, 0.2) is 15.5 Å². The molecule has 0 saturated carbocycles. The molecular formula is C17H14BrF3N4O5S. The van der Waals surface area contributed by atoms with Crippen LogP contribution in [0.2, 0.25) is 0 Å². The molecular weight excluding hydrogens is 509 g/mol. The Hall–Kier alpha value is -2.74.